The molecule has 26 heavy (non-hydrogen) atoms. The summed E-state index contributed by atoms with van der Waals surface area (Å²) in [6.45, 7) is 3.48. The van der Waals surface area contributed by atoms with Crippen LogP contribution in [0, 0.1) is 13.8 Å². The number of amides is 1. The highest BCUT2D eigenvalue weighted by molar-refractivity contribution is 5.96. The van der Waals surface area contributed by atoms with Crippen LogP contribution < -0.4 is 10.9 Å². The van der Waals surface area contributed by atoms with E-state index in [4.69, 9.17) is 4.74 Å². The van der Waals surface area contributed by atoms with Crippen LogP contribution >= 0.6 is 0 Å². The first kappa shape index (κ1) is 17.4. The number of carbonyl (C=O) groups is 2. The number of H-pyrrole nitrogens is 1. The van der Waals surface area contributed by atoms with Gasteiger partial charge in [0, 0.05) is 11.1 Å². The summed E-state index contributed by atoms with van der Waals surface area (Å²) in [5.41, 5.74) is 2.43. The number of pyridine rings is 1. The molecule has 0 fully saturated rings. The van der Waals surface area contributed by atoms with Crippen LogP contribution in [0.25, 0.3) is 10.8 Å². The molecule has 132 valence electrons. The number of benzene rings is 2. The molecule has 0 aliphatic carbocycles. The van der Waals surface area contributed by atoms with Crippen LogP contribution in [0.15, 0.2) is 53.3 Å². The van der Waals surface area contributed by atoms with Crippen molar-refractivity contribution in [3.05, 3.63) is 75.7 Å². The third-order valence-corrected chi connectivity index (χ3v) is 4.10. The number of carbonyl (C=O) groups excluding carboxylic acids is 2. The summed E-state index contributed by atoms with van der Waals surface area (Å²) in [5, 5.41) is 3.78. The zero-order valence-electron chi connectivity index (χ0n) is 14.5. The number of aromatic amines is 1. The maximum absolute atomic E-state index is 12.1. The number of aromatic nitrogens is 1. The summed E-state index contributed by atoms with van der Waals surface area (Å²) >= 11 is 0. The van der Waals surface area contributed by atoms with Gasteiger partial charge in [-0.2, -0.15) is 0 Å². The Bertz CT molecular complexity index is 1050. The van der Waals surface area contributed by atoms with Gasteiger partial charge in [0.1, 0.15) is 5.69 Å². The molecule has 0 radical (unpaired) electrons. The predicted octanol–water partition coefficient (Wildman–Crippen LogP) is 2.94. The molecule has 6 heteroatoms. The number of hydrogen-bond donors (Lipinski definition) is 2. The lowest BCUT2D eigenvalue weighted by molar-refractivity contribution is -0.119. The second kappa shape index (κ2) is 7.23. The normalized spacial score (nSPS) is 10.5. The van der Waals surface area contributed by atoms with E-state index in [-0.39, 0.29) is 11.3 Å². The number of fused-ring (bicyclic) bond motifs is 1. The minimum Gasteiger partial charge on any atom is -0.451 e. The summed E-state index contributed by atoms with van der Waals surface area (Å²) in [6.07, 6.45) is 0. The van der Waals surface area contributed by atoms with Gasteiger partial charge in [0.2, 0.25) is 0 Å². The quantitative estimate of drug-likeness (QED) is 0.708. The van der Waals surface area contributed by atoms with Gasteiger partial charge in [0.05, 0.1) is 0 Å². The van der Waals surface area contributed by atoms with Gasteiger partial charge in [0.15, 0.2) is 6.61 Å². The molecule has 1 heterocycles. The number of esters is 1. The lowest BCUT2D eigenvalue weighted by Crippen LogP contribution is -2.22. The second-order valence-corrected chi connectivity index (χ2v) is 6.02. The summed E-state index contributed by atoms with van der Waals surface area (Å²) in [7, 11) is 0. The molecule has 2 aromatic carbocycles. The van der Waals surface area contributed by atoms with Gasteiger partial charge in [-0.05, 0) is 54.6 Å². The van der Waals surface area contributed by atoms with Gasteiger partial charge in [-0.15, -0.1) is 0 Å². The van der Waals surface area contributed by atoms with Crippen LogP contribution in [0.2, 0.25) is 0 Å². The molecule has 6 nitrogen and oxygen atoms in total. The molecule has 0 bridgehead atoms. The topological polar surface area (TPSA) is 88.3 Å². The summed E-state index contributed by atoms with van der Waals surface area (Å²) in [6, 6.07) is 14.0. The zero-order valence-corrected chi connectivity index (χ0v) is 14.5. The fourth-order valence-electron chi connectivity index (χ4n) is 2.55. The van der Waals surface area contributed by atoms with Crippen LogP contribution in [0.4, 0.5) is 5.69 Å². The van der Waals surface area contributed by atoms with E-state index in [1.165, 1.54) is 6.07 Å². The lowest BCUT2D eigenvalue weighted by Gasteiger charge is -2.08. The Labute approximate surface area is 149 Å². The fourth-order valence-corrected chi connectivity index (χ4v) is 2.55. The van der Waals surface area contributed by atoms with E-state index in [9.17, 15) is 14.4 Å². The summed E-state index contributed by atoms with van der Waals surface area (Å²) < 4.78 is 5.00. The molecule has 0 spiro atoms. The number of hydrogen-bond acceptors (Lipinski definition) is 4. The van der Waals surface area contributed by atoms with E-state index >= 15 is 0 Å². The van der Waals surface area contributed by atoms with E-state index in [1.807, 2.05) is 26.0 Å². The Morgan fingerprint density at radius 3 is 2.58 bits per heavy atom. The van der Waals surface area contributed by atoms with Crippen molar-refractivity contribution in [1.29, 1.82) is 0 Å². The molecule has 0 unspecified atom stereocenters. The number of aryl methyl sites for hydroxylation is 2. The van der Waals surface area contributed by atoms with Crippen LogP contribution in [0.3, 0.4) is 0 Å². The molecule has 0 aliphatic rings. The minimum atomic E-state index is -0.761. The first-order chi connectivity index (χ1) is 12.4. The van der Waals surface area contributed by atoms with Crippen molar-refractivity contribution in [3.63, 3.8) is 0 Å². The van der Waals surface area contributed by atoms with E-state index in [1.54, 1.807) is 30.3 Å². The molecule has 1 aromatic heterocycles. The molecule has 0 saturated carbocycles. The van der Waals surface area contributed by atoms with E-state index in [0.29, 0.717) is 16.5 Å². The Kier molecular flexibility index (Phi) is 4.84. The third-order valence-electron chi connectivity index (χ3n) is 4.10. The summed E-state index contributed by atoms with van der Waals surface area (Å²) in [4.78, 5) is 38.6. The van der Waals surface area contributed by atoms with Crippen LogP contribution in [0.1, 0.15) is 21.6 Å². The Morgan fingerprint density at radius 1 is 1.04 bits per heavy atom. The average Bonchev–Trinajstić information content (AvgIpc) is 2.63. The first-order valence-electron chi connectivity index (χ1n) is 8.10. The highest BCUT2D eigenvalue weighted by Crippen LogP contribution is 2.14. The minimum absolute atomic E-state index is 0.00711. The lowest BCUT2D eigenvalue weighted by atomic mass is 10.1. The van der Waals surface area contributed by atoms with Crippen molar-refractivity contribution in [3.8, 4) is 0 Å². The molecule has 3 rings (SSSR count). The van der Waals surface area contributed by atoms with Gasteiger partial charge in [-0.3, -0.25) is 9.59 Å². The molecular formula is C20H18N2O4. The van der Waals surface area contributed by atoms with E-state index in [0.717, 1.165) is 11.1 Å². The van der Waals surface area contributed by atoms with Gasteiger partial charge in [0.25, 0.3) is 11.5 Å². The maximum atomic E-state index is 12.1. The molecule has 2 N–H and O–H groups in total. The number of rotatable bonds is 4. The maximum Gasteiger partial charge on any atom is 0.355 e. The van der Waals surface area contributed by atoms with Crippen LogP contribution in [0.5, 0.6) is 0 Å². The average molecular weight is 350 g/mol. The fraction of sp³-hybridized carbons (Fsp3) is 0.150. The van der Waals surface area contributed by atoms with Crippen molar-refractivity contribution in [2.45, 2.75) is 13.8 Å². The predicted molar refractivity (Wildman–Crippen MR) is 99.4 cm³/mol. The Morgan fingerprint density at radius 2 is 1.81 bits per heavy atom. The van der Waals surface area contributed by atoms with Crippen molar-refractivity contribution in [2.75, 3.05) is 11.9 Å². The number of anilines is 1. The highest BCUT2D eigenvalue weighted by Gasteiger charge is 2.13. The van der Waals surface area contributed by atoms with Crippen LogP contribution in [-0.2, 0) is 9.53 Å². The van der Waals surface area contributed by atoms with Gasteiger partial charge >= 0.3 is 5.97 Å². The van der Waals surface area contributed by atoms with Crippen molar-refractivity contribution in [2.24, 2.45) is 0 Å². The van der Waals surface area contributed by atoms with Crippen molar-refractivity contribution in [1.82, 2.24) is 4.98 Å². The molecule has 0 saturated heterocycles. The summed E-state index contributed by atoms with van der Waals surface area (Å²) in [5.74, 6) is -1.21. The van der Waals surface area contributed by atoms with Crippen LogP contribution in [-0.4, -0.2) is 23.5 Å². The number of ether oxygens (including phenoxy) is 1. The zero-order chi connectivity index (χ0) is 18.7. The van der Waals surface area contributed by atoms with E-state index < -0.39 is 18.5 Å². The number of nitrogens with one attached hydrogen (secondary N) is 2. The van der Waals surface area contributed by atoms with Gasteiger partial charge in [-0.1, -0.05) is 24.3 Å². The third kappa shape index (κ3) is 3.80. The first-order valence-corrected chi connectivity index (χ1v) is 8.10. The highest BCUT2D eigenvalue weighted by atomic mass is 16.5. The Hall–Kier alpha value is -3.41. The van der Waals surface area contributed by atoms with Gasteiger partial charge < -0.3 is 15.0 Å². The molecular weight excluding hydrogens is 332 g/mol. The second-order valence-electron chi connectivity index (χ2n) is 6.02. The molecule has 1 amide bonds. The SMILES string of the molecule is Cc1ccc(NC(=O)COC(=O)c2cc3ccccc3c(=O)[nH]2)cc1C. The monoisotopic (exact) mass is 350 g/mol. The van der Waals surface area contributed by atoms with Crippen molar-refractivity contribution < 1.29 is 14.3 Å². The molecule has 0 aliphatic heterocycles. The Balaban J connectivity index is 1.65. The standard InChI is InChI=1S/C20H18N2O4/c1-12-7-8-15(9-13(12)2)21-18(23)11-26-20(25)17-10-14-5-3-4-6-16(14)19(24)22-17/h3-10H,11H2,1-2H3,(H,21,23)(H,22,24). The molecule has 3 aromatic rings. The van der Waals surface area contributed by atoms with Crippen molar-refractivity contribution >= 4 is 28.3 Å². The van der Waals surface area contributed by atoms with Gasteiger partial charge in [-0.25, -0.2) is 4.79 Å². The smallest absolute Gasteiger partial charge is 0.355 e. The largest absolute Gasteiger partial charge is 0.451 e. The molecule has 0 atom stereocenters. The van der Waals surface area contributed by atoms with E-state index in [2.05, 4.69) is 10.3 Å².